The Kier molecular flexibility index (Phi) is 3.57. The van der Waals surface area contributed by atoms with Crippen molar-refractivity contribution in [2.45, 2.75) is 52.6 Å². The van der Waals surface area contributed by atoms with Crippen LogP contribution in [-0.4, -0.2) is 15.4 Å². The second-order valence-electron chi connectivity index (χ2n) is 6.76. The predicted octanol–water partition coefficient (Wildman–Crippen LogP) is 2.67. The van der Waals surface area contributed by atoms with Crippen LogP contribution in [0.15, 0.2) is 29.1 Å². The zero-order valence-corrected chi connectivity index (χ0v) is 13.0. The number of nitrogens with one attached hydrogen (secondary N) is 1. The molecular weight excluding hydrogens is 262 g/mol. The van der Waals surface area contributed by atoms with Gasteiger partial charge in [-0.25, -0.2) is 4.98 Å². The fraction of sp³-hybridized carbons (Fsp3) is 0.529. The van der Waals surface area contributed by atoms with E-state index < -0.39 is 0 Å². The molecule has 1 aliphatic rings. The van der Waals surface area contributed by atoms with Gasteiger partial charge in [0, 0.05) is 24.3 Å². The molecule has 112 valence electrons. The van der Waals surface area contributed by atoms with Crippen molar-refractivity contribution >= 4 is 5.65 Å². The van der Waals surface area contributed by atoms with E-state index in [1.165, 1.54) is 19.3 Å². The van der Waals surface area contributed by atoms with Gasteiger partial charge in [0.2, 0.25) is 0 Å². The second-order valence-corrected chi connectivity index (χ2v) is 6.76. The maximum atomic E-state index is 12.2. The molecule has 2 heterocycles. The lowest BCUT2D eigenvalue weighted by Crippen LogP contribution is -2.37. The number of rotatable bonds is 3. The van der Waals surface area contributed by atoms with Crippen LogP contribution in [0.25, 0.3) is 5.65 Å². The average molecular weight is 285 g/mol. The number of nitrogens with zero attached hydrogens (tertiary/aromatic N) is 2. The molecule has 1 aliphatic carbocycles. The van der Waals surface area contributed by atoms with Gasteiger partial charge >= 0.3 is 0 Å². The minimum absolute atomic E-state index is 0.000539. The highest BCUT2D eigenvalue weighted by atomic mass is 16.1. The van der Waals surface area contributed by atoms with Gasteiger partial charge in [-0.1, -0.05) is 26.3 Å². The zero-order chi connectivity index (χ0) is 15.0. The van der Waals surface area contributed by atoms with Crippen molar-refractivity contribution in [2.24, 2.45) is 5.41 Å². The summed E-state index contributed by atoms with van der Waals surface area (Å²) in [6, 6.07) is 7.91. The minimum Gasteiger partial charge on any atom is -0.308 e. The Labute approximate surface area is 125 Å². The van der Waals surface area contributed by atoms with E-state index >= 15 is 0 Å². The Balaban J connectivity index is 1.84. The Hall–Kier alpha value is -1.68. The Morgan fingerprint density at radius 1 is 1.43 bits per heavy atom. The van der Waals surface area contributed by atoms with Crippen molar-refractivity contribution < 1.29 is 0 Å². The van der Waals surface area contributed by atoms with Crippen molar-refractivity contribution in [3.05, 3.63) is 46.0 Å². The molecule has 2 aromatic rings. The van der Waals surface area contributed by atoms with Gasteiger partial charge in [0.1, 0.15) is 5.65 Å². The molecule has 0 unspecified atom stereocenters. The van der Waals surface area contributed by atoms with Gasteiger partial charge in [-0.05, 0) is 37.3 Å². The van der Waals surface area contributed by atoms with Crippen LogP contribution in [0.3, 0.4) is 0 Å². The summed E-state index contributed by atoms with van der Waals surface area (Å²) in [7, 11) is 0. The Morgan fingerprint density at radius 3 is 2.95 bits per heavy atom. The Bertz CT molecular complexity index is 718. The average Bonchev–Trinajstić information content (AvgIpc) is 2.75. The minimum atomic E-state index is 0.000539. The lowest BCUT2D eigenvalue weighted by Gasteiger charge is -2.27. The molecule has 4 nitrogen and oxygen atoms in total. The van der Waals surface area contributed by atoms with E-state index in [2.05, 4.69) is 24.1 Å². The summed E-state index contributed by atoms with van der Waals surface area (Å²) in [5, 5.41) is 3.58. The molecule has 1 saturated carbocycles. The molecule has 21 heavy (non-hydrogen) atoms. The van der Waals surface area contributed by atoms with Gasteiger partial charge in [0.25, 0.3) is 5.56 Å². The fourth-order valence-corrected chi connectivity index (χ4v) is 3.39. The van der Waals surface area contributed by atoms with E-state index in [1.54, 1.807) is 10.5 Å². The summed E-state index contributed by atoms with van der Waals surface area (Å²) in [5.74, 6) is 0. The topological polar surface area (TPSA) is 46.4 Å². The summed E-state index contributed by atoms with van der Waals surface area (Å²) < 4.78 is 1.66. The molecule has 0 spiro atoms. The van der Waals surface area contributed by atoms with Crippen LogP contribution >= 0.6 is 0 Å². The fourth-order valence-electron chi connectivity index (χ4n) is 3.39. The number of aromatic nitrogens is 2. The van der Waals surface area contributed by atoms with Gasteiger partial charge < -0.3 is 5.32 Å². The van der Waals surface area contributed by atoms with E-state index in [0.29, 0.717) is 18.0 Å². The molecule has 1 N–H and O–H groups in total. The zero-order valence-electron chi connectivity index (χ0n) is 13.0. The highest BCUT2D eigenvalue weighted by molar-refractivity contribution is 5.40. The van der Waals surface area contributed by atoms with Crippen LogP contribution in [0.4, 0.5) is 0 Å². The SMILES string of the molecule is Cc1cccc2nc(CN[C@H]3CCCC3(C)C)cc(=O)n12. The second kappa shape index (κ2) is 5.26. The number of aryl methyl sites for hydroxylation is 1. The van der Waals surface area contributed by atoms with Crippen molar-refractivity contribution in [2.75, 3.05) is 0 Å². The standard InChI is InChI=1S/C17H23N3O/c1-12-6-4-8-15-19-13(10-16(21)20(12)15)11-18-14-7-5-9-17(14,2)3/h4,6,8,10,14,18H,5,7,9,11H2,1-3H3/t14-/m0/s1. The van der Waals surface area contributed by atoms with Crippen LogP contribution in [0.1, 0.15) is 44.5 Å². The smallest absolute Gasteiger partial charge is 0.258 e. The molecule has 0 amide bonds. The van der Waals surface area contributed by atoms with Crippen LogP contribution in [0.2, 0.25) is 0 Å². The molecule has 2 aromatic heterocycles. The van der Waals surface area contributed by atoms with E-state index in [4.69, 9.17) is 0 Å². The molecule has 4 heteroatoms. The molecule has 0 aromatic carbocycles. The predicted molar refractivity (Wildman–Crippen MR) is 84.5 cm³/mol. The van der Waals surface area contributed by atoms with Crippen LogP contribution in [0.5, 0.6) is 0 Å². The van der Waals surface area contributed by atoms with Gasteiger partial charge in [-0.3, -0.25) is 9.20 Å². The van der Waals surface area contributed by atoms with Crippen molar-refractivity contribution in [3.63, 3.8) is 0 Å². The summed E-state index contributed by atoms with van der Waals surface area (Å²) >= 11 is 0. The third kappa shape index (κ3) is 2.72. The monoisotopic (exact) mass is 285 g/mol. The largest absolute Gasteiger partial charge is 0.308 e. The summed E-state index contributed by atoms with van der Waals surface area (Å²) in [6.45, 7) is 7.20. The van der Waals surface area contributed by atoms with E-state index in [1.807, 2.05) is 25.1 Å². The normalized spacial score (nSPS) is 21.0. The third-order valence-electron chi connectivity index (χ3n) is 4.72. The maximum Gasteiger partial charge on any atom is 0.258 e. The van der Waals surface area contributed by atoms with Gasteiger partial charge in [0.05, 0.1) is 5.69 Å². The number of pyridine rings is 1. The first kappa shape index (κ1) is 14.3. The summed E-state index contributed by atoms with van der Waals surface area (Å²) in [6.07, 6.45) is 3.74. The van der Waals surface area contributed by atoms with E-state index in [0.717, 1.165) is 17.0 Å². The lowest BCUT2D eigenvalue weighted by molar-refractivity contribution is 0.282. The van der Waals surface area contributed by atoms with E-state index in [-0.39, 0.29) is 5.56 Å². The summed E-state index contributed by atoms with van der Waals surface area (Å²) in [5.41, 5.74) is 2.81. The van der Waals surface area contributed by atoms with Crippen molar-refractivity contribution in [3.8, 4) is 0 Å². The highest BCUT2D eigenvalue weighted by Gasteiger charge is 2.33. The number of hydrogen-bond acceptors (Lipinski definition) is 3. The quantitative estimate of drug-likeness (QED) is 0.943. The van der Waals surface area contributed by atoms with Crippen molar-refractivity contribution in [1.29, 1.82) is 0 Å². The molecular formula is C17H23N3O. The molecule has 0 bridgehead atoms. The lowest BCUT2D eigenvalue weighted by atomic mass is 9.87. The third-order valence-corrected chi connectivity index (χ3v) is 4.72. The van der Waals surface area contributed by atoms with Crippen LogP contribution in [-0.2, 0) is 6.54 Å². The maximum absolute atomic E-state index is 12.2. The first-order valence-corrected chi connectivity index (χ1v) is 7.69. The molecule has 0 saturated heterocycles. The van der Waals surface area contributed by atoms with Crippen LogP contribution in [0, 0.1) is 12.3 Å². The highest BCUT2D eigenvalue weighted by Crippen LogP contribution is 2.37. The van der Waals surface area contributed by atoms with Crippen molar-refractivity contribution in [1.82, 2.24) is 14.7 Å². The molecule has 0 aliphatic heterocycles. The van der Waals surface area contributed by atoms with E-state index in [9.17, 15) is 4.79 Å². The van der Waals surface area contributed by atoms with Gasteiger partial charge in [0.15, 0.2) is 0 Å². The van der Waals surface area contributed by atoms with Gasteiger partial charge in [-0.2, -0.15) is 0 Å². The molecule has 1 atom stereocenters. The molecule has 0 radical (unpaired) electrons. The molecule has 1 fully saturated rings. The number of hydrogen-bond donors (Lipinski definition) is 1. The molecule has 3 rings (SSSR count). The Morgan fingerprint density at radius 2 is 2.24 bits per heavy atom. The van der Waals surface area contributed by atoms with Crippen LogP contribution < -0.4 is 10.9 Å². The first-order chi connectivity index (χ1) is 9.97. The number of fused-ring (bicyclic) bond motifs is 1. The van der Waals surface area contributed by atoms with Gasteiger partial charge in [-0.15, -0.1) is 0 Å². The summed E-state index contributed by atoms with van der Waals surface area (Å²) in [4.78, 5) is 16.8. The first-order valence-electron chi connectivity index (χ1n) is 7.69.